The molecule has 0 spiro atoms. The molecule has 10 heteroatoms. The van der Waals surface area contributed by atoms with Crippen LogP contribution in [0.1, 0.15) is 35.7 Å². The highest BCUT2D eigenvalue weighted by Gasteiger charge is 2.33. The molecule has 2 heterocycles. The summed E-state index contributed by atoms with van der Waals surface area (Å²) in [4.78, 5) is 39.7. The van der Waals surface area contributed by atoms with E-state index in [1.165, 1.54) is 5.01 Å². The third kappa shape index (κ3) is 6.09. The smallest absolute Gasteiger partial charge is 0.309 e. The van der Waals surface area contributed by atoms with Crippen molar-refractivity contribution in [2.24, 2.45) is 5.92 Å². The zero-order valence-electron chi connectivity index (χ0n) is 19.5. The minimum absolute atomic E-state index is 0.101. The highest BCUT2D eigenvalue weighted by molar-refractivity contribution is 5.95. The lowest BCUT2D eigenvalue weighted by Crippen LogP contribution is -2.52. The van der Waals surface area contributed by atoms with Crippen molar-refractivity contribution in [2.45, 2.75) is 32.5 Å². The van der Waals surface area contributed by atoms with E-state index in [-0.39, 0.29) is 44.8 Å². The van der Waals surface area contributed by atoms with Crippen molar-refractivity contribution in [3.8, 4) is 11.5 Å². The number of likely N-dealkylation sites (tertiary alicyclic amines) is 1. The van der Waals surface area contributed by atoms with Gasteiger partial charge in [0.15, 0.2) is 11.5 Å². The predicted octanol–water partition coefficient (Wildman–Crippen LogP) is 1.68. The Kier molecular flexibility index (Phi) is 7.84. The van der Waals surface area contributed by atoms with Gasteiger partial charge in [-0.3, -0.25) is 24.7 Å². The first-order valence-electron chi connectivity index (χ1n) is 11.6. The first kappa shape index (κ1) is 24.5. The van der Waals surface area contributed by atoms with Gasteiger partial charge in [-0.05, 0) is 43.2 Å². The zero-order valence-corrected chi connectivity index (χ0v) is 19.5. The van der Waals surface area contributed by atoms with Crippen LogP contribution >= 0.6 is 0 Å². The monoisotopic (exact) mass is 483 g/mol. The molecule has 1 fully saturated rings. The molecule has 2 aliphatic heterocycles. The molecule has 2 aliphatic rings. The molecule has 2 N–H and O–H groups in total. The van der Waals surface area contributed by atoms with E-state index in [2.05, 4.69) is 5.43 Å². The summed E-state index contributed by atoms with van der Waals surface area (Å²) in [6, 6.07) is 14.0. The number of carbonyl (C=O) groups is 3. The summed E-state index contributed by atoms with van der Waals surface area (Å²) in [6.45, 7) is 2.48. The molecular formula is C25H29N3O7. The van der Waals surface area contributed by atoms with E-state index in [9.17, 15) is 19.5 Å². The minimum atomic E-state index is -0.962. The Morgan fingerprint density at radius 1 is 1.14 bits per heavy atom. The molecule has 0 bridgehead atoms. The van der Waals surface area contributed by atoms with Crippen molar-refractivity contribution in [1.29, 1.82) is 0 Å². The van der Waals surface area contributed by atoms with Crippen LogP contribution in [0.3, 0.4) is 0 Å². The van der Waals surface area contributed by atoms with E-state index in [1.807, 2.05) is 0 Å². The third-order valence-electron chi connectivity index (χ3n) is 5.95. The normalized spacial score (nSPS) is 19.1. The maximum atomic E-state index is 13.2. The summed E-state index contributed by atoms with van der Waals surface area (Å²) >= 11 is 0. The number of carbonyl (C=O) groups excluding carboxylic acids is 3. The lowest BCUT2D eigenvalue weighted by molar-refractivity contribution is -0.154. The molecule has 0 saturated carbocycles. The Labute approximate surface area is 203 Å². The van der Waals surface area contributed by atoms with Crippen LogP contribution in [0.5, 0.6) is 11.5 Å². The van der Waals surface area contributed by atoms with Crippen molar-refractivity contribution >= 4 is 17.8 Å². The number of benzene rings is 2. The SMILES string of the molecule is CCOC(=O)C1CCN(CC(=O)NN(Cc2ccc3c(c2)OCO3)C(=O)c2ccccc2)C(O)C1. The van der Waals surface area contributed by atoms with Gasteiger partial charge in [-0.25, -0.2) is 5.01 Å². The summed E-state index contributed by atoms with van der Waals surface area (Å²) in [6.07, 6.45) is -0.292. The molecule has 35 heavy (non-hydrogen) atoms. The second-order valence-electron chi connectivity index (χ2n) is 8.40. The van der Waals surface area contributed by atoms with Gasteiger partial charge in [0, 0.05) is 18.5 Å². The van der Waals surface area contributed by atoms with Crippen LogP contribution < -0.4 is 14.9 Å². The molecule has 2 aromatic rings. The molecule has 2 unspecified atom stereocenters. The number of ether oxygens (including phenoxy) is 3. The minimum Gasteiger partial charge on any atom is -0.466 e. The number of hydrogen-bond acceptors (Lipinski definition) is 8. The summed E-state index contributed by atoms with van der Waals surface area (Å²) in [7, 11) is 0. The van der Waals surface area contributed by atoms with Crippen LogP contribution in [0.4, 0.5) is 0 Å². The lowest BCUT2D eigenvalue weighted by atomic mass is 9.95. The number of amides is 2. The average Bonchev–Trinajstić information content (AvgIpc) is 3.33. The van der Waals surface area contributed by atoms with E-state index in [0.29, 0.717) is 30.0 Å². The van der Waals surface area contributed by atoms with Crippen molar-refractivity contribution in [3.05, 3.63) is 59.7 Å². The van der Waals surface area contributed by atoms with Crippen LogP contribution in [0, 0.1) is 5.92 Å². The summed E-state index contributed by atoms with van der Waals surface area (Å²) in [5.41, 5.74) is 3.85. The van der Waals surface area contributed by atoms with Crippen LogP contribution in [-0.4, -0.2) is 65.5 Å². The molecule has 4 rings (SSSR count). The van der Waals surface area contributed by atoms with Gasteiger partial charge in [-0.1, -0.05) is 24.3 Å². The van der Waals surface area contributed by atoms with Crippen LogP contribution in [0.2, 0.25) is 0 Å². The number of hydrogen-bond donors (Lipinski definition) is 2. The quantitative estimate of drug-likeness (QED) is 0.451. The van der Waals surface area contributed by atoms with Crippen molar-refractivity contribution < 1.29 is 33.7 Å². The van der Waals surface area contributed by atoms with Gasteiger partial charge >= 0.3 is 5.97 Å². The van der Waals surface area contributed by atoms with Gasteiger partial charge < -0.3 is 19.3 Å². The van der Waals surface area contributed by atoms with Crippen molar-refractivity contribution in [1.82, 2.24) is 15.3 Å². The molecule has 186 valence electrons. The van der Waals surface area contributed by atoms with E-state index in [4.69, 9.17) is 14.2 Å². The number of aliphatic hydroxyl groups is 1. The number of fused-ring (bicyclic) bond motifs is 1. The lowest BCUT2D eigenvalue weighted by Gasteiger charge is -2.35. The Morgan fingerprint density at radius 3 is 2.66 bits per heavy atom. The average molecular weight is 484 g/mol. The van der Waals surface area contributed by atoms with Crippen LogP contribution in [-0.2, 0) is 20.9 Å². The number of rotatable bonds is 7. The van der Waals surface area contributed by atoms with Crippen LogP contribution in [0.25, 0.3) is 0 Å². The number of nitrogens with one attached hydrogen (secondary N) is 1. The summed E-state index contributed by atoms with van der Waals surface area (Å²) in [5, 5.41) is 11.7. The topological polar surface area (TPSA) is 118 Å². The van der Waals surface area contributed by atoms with E-state index >= 15 is 0 Å². The molecule has 2 atom stereocenters. The Morgan fingerprint density at radius 2 is 1.91 bits per heavy atom. The fraction of sp³-hybridized carbons (Fsp3) is 0.400. The molecule has 2 aromatic carbocycles. The molecule has 0 aliphatic carbocycles. The Balaban J connectivity index is 1.42. The van der Waals surface area contributed by atoms with Crippen LogP contribution in [0.15, 0.2) is 48.5 Å². The zero-order chi connectivity index (χ0) is 24.8. The molecule has 0 radical (unpaired) electrons. The highest BCUT2D eigenvalue weighted by Crippen LogP contribution is 2.32. The van der Waals surface area contributed by atoms with Gasteiger partial charge in [0.25, 0.3) is 11.8 Å². The molecule has 2 amide bonds. The Hall–Kier alpha value is -3.63. The second-order valence-corrected chi connectivity index (χ2v) is 8.40. The molecule has 1 saturated heterocycles. The number of hydrazine groups is 1. The number of esters is 1. The van der Waals surface area contributed by atoms with Crippen molar-refractivity contribution in [2.75, 3.05) is 26.5 Å². The highest BCUT2D eigenvalue weighted by atomic mass is 16.7. The largest absolute Gasteiger partial charge is 0.466 e. The fourth-order valence-electron chi connectivity index (χ4n) is 4.14. The van der Waals surface area contributed by atoms with Crippen molar-refractivity contribution in [3.63, 3.8) is 0 Å². The van der Waals surface area contributed by atoms with E-state index in [0.717, 1.165) is 5.56 Å². The first-order valence-corrected chi connectivity index (χ1v) is 11.6. The summed E-state index contributed by atoms with van der Waals surface area (Å²) in [5.74, 6) is -0.361. The first-order chi connectivity index (χ1) is 16.9. The number of nitrogens with zero attached hydrogens (tertiary/aromatic N) is 2. The third-order valence-corrected chi connectivity index (χ3v) is 5.95. The maximum absolute atomic E-state index is 13.2. The number of piperidine rings is 1. The molecule has 10 nitrogen and oxygen atoms in total. The fourth-order valence-corrected chi connectivity index (χ4v) is 4.14. The van der Waals surface area contributed by atoms with Gasteiger partial charge in [-0.2, -0.15) is 0 Å². The summed E-state index contributed by atoms with van der Waals surface area (Å²) < 4.78 is 15.8. The van der Waals surface area contributed by atoms with Gasteiger partial charge in [0.1, 0.15) is 6.23 Å². The van der Waals surface area contributed by atoms with E-state index in [1.54, 1.807) is 60.4 Å². The standard InChI is InChI=1S/C25H29N3O7/c1-2-33-25(32)19-10-11-27(23(30)13-19)15-22(29)26-28(24(31)18-6-4-3-5-7-18)14-17-8-9-20-21(12-17)35-16-34-20/h3-9,12,19,23,30H,2,10-11,13-16H2,1H3,(H,26,29). The van der Waals surface area contributed by atoms with E-state index < -0.39 is 18.1 Å². The van der Waals surface area contributed by atoms with Gasteiger partial charge in [-0.15, -0.1) is 0 Å². The predicted molar refractivity (Wildman–Crippen MR) is 124 cm³/mol. The Bertz CT molecular complexity index is 1060. The second kappa shape index (κ2) is 11.2. The number of aliphatic hydroxyl groups excluding tert-OH is 1. The van der Waals surface area contributed by atoms with Gasteiger partial charge in [0.05, 0.1) is 25.6 Å². The maximum Gasteiger partial charge on any atom is 0.309 e. The molecular weight excluding hydrogens is 454 g/mol. The van der Waals surface area contributed by atoms with Gasteiger partial charge in [0.2, 0.25) is 6.79 Å². The molecule has 0 aromatic heterocycles.